The Morgan fingerprint density at radius 2 is 2.08 bits per heavy atom. The molecule has 0 aliphatic carbocycles. The molecule has 1 N–H and O–H groups in total. The monoisotopic (exact) mass is 361 g/mol. The van der Waals surface area contributed by atoms with Crippen molar-refractivity contribution in [3.63, 3.8) is 0 Å². The number of piperidine rings is 1. The van der Waals surface area contributed by atoms with Gasteiger partial charge in [-0.2, -0.15) is 0 Å². The van der Waals surface area contributed by atoms with Crippen LogP contribution in [0.3, 0.4) is 0 Å². The molecule has 1 atom stereocenters. The lowest BCUT2D eigenvalue weighted by molar-refractivity contribution is -0.148. The number of tetrazole rings is 1. The third kappa shape index (κ3) is 3.73. The summed E-state index contributed by atoms with van der Waals surface area (Å²) in [7, 11) is 0. The molecule has 140 valence electrons. The van der Waals surface area contributed by atoms with Crippen LogP contribution in [0.2, 0.25) is 0 Å². The van der Waals surface area contributed by atoms with Crippen LogP contribution in [-0.4, -0.2) is 72.8 Å². The van der Waals surface area contributed by atoms with Gasteiger partial charge in [-0.15, -0.1) is 14.8 Å². The Morgan fingerprint density at radius 3 is 2.73 bits per heavy atom. The molecule has 3 heterocycles. The van der Waals surface area contributed by atoms with E-state index in [0.29, 0.717) is 31.6 Å². The van der Waals surface area contributed by atoms with Crippen LogP contribution in [0.1, 0.15) is 33.1 Å². The Bertz CT molecular complexity index is 785. The van der Waals surface area contributed by atoms with Crippen molar-refractivity contribution in [3.8, 4) is 0 Å². The van der Waals surface area contributed by atoms with Crippen molar-refractivity contribution < 1.29 is 14.7 Å². The van der Waals surface area contributed by atoms with Crippen LogP contribution in [0.5, 0.6) is 0 Å². The molecule has 3 rings (SSSR count). The van der Waals surface area contributed by atoms with Crippen molar-refractivity contribution in [3.05, 3.63) is 12.1 Å². The Hall–Kier alpha value is -2.78. The lowest BCUT2D eigenvalue weighted by atomic mass is 9.94. The number of carbonyl (C=O) groups excluding carboxylic acids is 1. The molecule has 2 aromatic heterocycles. The normalized spacial score (nSPS) is 16.6. The van der Waals surface area contributed by atoms with E-state index in [0.717, 1.165) is 12.2 Å². The van der Waals surface area contributed by atoms with Crippen LogP contribution < -0.4 is 4.90 Å². The first-order valence-corrected chi connectivity index (χ1v) is 8.82. The fourth-order valence-electron chi connectivity index (χ4n) is 3.22. The summed E-state index contributed by atoms with van der Waals surface area (Å²) >= 11 is 0. The molecular formula is C16H23N7O3. The number of rotatable bonds is 6. The molecular weight excluding hydrogens is 338 g/mol. The summed E-state index contributed by atoms with van der Waals surface area (Å²) in [6.45, 7) is 4.96. The number of aliphatic carboxylic acids is 1. The molecule has 1 fully saturated rings. The minimum atomic E-state index is -0.977. The summed E-state index contributed by atoms with van der Waals surface area (Å²) < 4.78 is 1.38. The smallest absolute Gasteiger partial charge is 0.323 e. The van der Waals surface area contributed by atoms with Crippen molar-refractivity contribution in [1.82, 2.24) is 30.2 Å². The maximum atomic E-state index is 12.8. The van der Waals surface area contributed by atoms with Gasteiger partial charge in [-0.25, -0.2) is 0 Å². The van der Waals surface area contributed by atoms with Gasteiger partial charge in [-0.05, 0) is 48.7 Å². The molecule has 26 heavy (non-hydrogen) atoms. The van der Waals surface area contributed by atoms with E-state index >= 15 is 0 Å². The highest BCUT2D eigenvalue weighted by molar-refractivity contribution is 5.83. The summed E-state index contributed by atoms with van der Waals surface area (Å²) in [4.78, 5) is 27.5. The second-order valence-electron chi connectivity index (χ2n) is 6.60. The van der Waals surface area contributed by atoms with Gasteiger partial charge in [-0.1, -0.05) is 6.92 Å². The number of carboxylic acids is 1. The molecule has 1 unspecified atom stereocenters. The van der Waals surface area contributed by atoms with Gasteiger partial charge in [0.1, 0.15) is 6.54 Å². The lowest BCUT2D eigenvalue weighted by Gasteiger charge is -2.36. The number of nitrogens with zero attached hydrogens (tertiary/aromatic N) is 7. The topological polar surface area (TPSA) is 117 Å². The highest BCUT2D eigenvalue weighted by Gasteiger charge is 2.31. The molecule has 0 saturated carbocycles. The second-order valence-corrected chi connectivity index (χ2v) is 6.60. The van der Waals surface area contributed by atoms with E-state index in [2.05, 4.69) is 25.5 Å². The predicted octanol–water partition coefficient (Wildman–Crippen LogP) is 0.447. The summed E-state index contributed by atoms with van der Waals surface area (Å²) in [6, 6.07) is 3.58. The minimum absolute atomic E-state index is 0.0645. The Morgan fingerprint density at radius 1 is 1.35 bits per heavy atom. The summed E-state index contributed by atoms with van der Waals surface area (Å²) in [5.74, 6) is -0.434. The van der Waals surface area contributed by atoms with Gasteiger partial charge < -0.3 is 14.9 Å². The minimum Gasteiger partial charge on any atom is -0.480 e. The van der Waals surface area contributed by atoms with Crippen molar-refractivity contribution in [2.75, 3.05) is 24.5 Å². The third-order valence-electron chi connectivity index (χ3n) is 4.94. The van der Waals surface area contributed by atoms with E-state index in [9.17, 15) is 9.59 Å². The number of hydrogen-bond donors (Lipinski definition) is 1. The lowest BCUT2D eigenvalue weighted by Crippen LogP contribution is -2.47. The SMILES string of the molecule is CCC(C)N(CC(=O)O)C(=O)C1CCN(c2ccc3nnnn3n2)CC1. The number of carboxylic acid groups (broad SMARTS) is 1. The number of carbonyl (C=O) groups is 2. The fourth-order valence-corrected chi connectivity index (χ4v) is 3.22. The van der Waals surface area contributed by atoms with Gasteiger partial charge in [0.15, 0.2) is 11.5 Å². The van der Waals surface area contributed by atoms with Gasteiger partial charge in [0.05, 0.1) is 0 Å². The predicted molar refractivity (Wildman–Crippen MR) is 92.6 cm³/mol. The third-order valence-corrected chi connectivity index (χ3v) is 4.94. The fraction of sp³-hybridized carbons (Fsp3) is 0.625. The zero-order valence-corrected chi connectivity index (χ0v) is 14.9. The molecule has 0 radical (unpaired) electrons. The first-order chi connectivity index (χ1) is 12.5. The number of hydrogen-bond acceptors (Lipinski definition) is 7. The molecule has 10 heteroatoms. The van der Waals surface area contributed by atoms with E-state index in [1.165, 1.54) is 9.53 Å². The van der Waals surface area contributed by atoms with Crippen LogP contribution in [0.15, 0.2) is 12.1 Å². The first-order valence-electron chi connectivity index (χ1n) is 8.82. The van der Waals surface area contributed by atoms with Crippen LogP contribution in [0.25, 0.3) is 5.65 Å². The molecule has 1 aliphatic rings. The van der Waals surface area contributed by atoms with Crippen LogP contribution in [-0.2, 0) is 9.59 Å². The van der Waals surface area contributed by atoms with Crippen molar-refractivity contribution in [1.29, 1.82) is 0 Å². The van der Waals surface area contributed by atoms with Crippen molar-refractivity contribution in [2.24, 2.45) is 5.92 Å². The average molecular weight is 361 g/mol. The van der Waals surface area contributed by atoms with Gasteiger partial charge in [0.2, 0.25) is 5.91 Å². The Balaban J connectivity index is 1.64. The summed E-state index contributed by atoms with van der Waals surface area (Å²) in [5.41, 5.74) is 0.580. The average Bonchev–Trinajstić information content (AvgIpc) is 3.12. The van der Waals surface area contributed by atoms with E-state index in [1.807, 2.05) is 19.9 Å². The van der Waals surface area contributed by atoms with Crippen molar-refractivity contribution in [2.45, 2.75) is 39.2 Å². The molecule has 1 saturated heterocycles. The molecule has 1 aliphatic heterocycles. The largest absolute Gasteiger partial charge is 0.480 e. The Labute approximate surface area is 150 Å². The molecule has 0 aromatic carbocycles. The van der Waals surface area contributed by atoms with E-state index in [4.69, 9.17) is 5.11 Å². The first kappa shape index (κ1) is 18.0. The molecule has 10 nitrogen and oxygen atoms in total. The van der Waals surface area contributed by atoms with E-state index in [-0.39, 0.29) is 24.4 Å². The van der Waals surface area contributed by atoms with E-state index < -0.39 is 5.97 Å². The van der Waals surface area contributed by atoms with Crippen molar-refractivity contribution >= 4 is 23.3 Å². The van der Waals surface area contributed by atoms with Crippen LogP contribution in [0, 0.1) is 5.92 Å². The highest BCUT2D eigenvalue weighted by atomic mass is 16.4. The number of aromatic nitrogens is 5. The zero-order valence-electron chi connectivity index (χ0n) is 14.9. The van der Waals surface area contributed by atoms with Gasteiger partial charge >= 0.3 is 5.97 Å². The second kappa shape index (κ2) is 7.63. The number of amides is 1. The van der Waals surface area contributed by atoms with Crippen LogP contribution in [0.4, 0.5) is 5.82 Å². The van der Waals surface area contributed by atoms with Gasteiger partial charge in [0.25, 0.3) is 0 Å². The molecule has 2 aromatic rings. The van der Waals surface area contributed by atoms with Gasteiger partial charge in [-0.3, -0.25) is 9.59 Å². The van der Waals surface area contributed by atoms with E-state index in [1.54, 1.807) is 6.07 Å². The quantitative estimate of drug-likeness (QED) is 0.788. The highest BCUT2D eigenvalue weighted by Crippen LogP contribution is 2.24. The van der Waals surface area contributed by atoms with Gasteiger partial charge in [0, 0.05) is 25.0 Å². The maximum Gasteiger partial charge on any atom is 0.323 e. The summed E-state index contributed by atoms with van der Waals surface area (Å²) in [5, 5.41) is 24.7. The molecule has 0 spiro atoms. The number of fused-ring (bicyclic) bond motifs is 1. The maximum absolute atomic E-state index is 12.8. The molecule has 0 bridgehead atoms. The van der Waals surface area contributed by atoms with Crippen LogP contribution >= 0.6 is 0 Å². The Kier molecular flexibility index (Phi) is 5.29. The number of anilines is 1. The zero-order chi connectivity index (χ0) is 18.7. The standard InChI is InChI=1S/C16H23N7O3/c1-3-11(2)22(10-15(24)25)16(26)12-6-8-21(9-7-12)14-5-4-13-17-19-20-23(13)18-14/h4-5,11-12H,3,6-10H2,1-2H3,(H,24,25). The molecule has 1 amide bonds. The summed E-state index contributed by atoms with van der Waals surface area (Å²) in [6.07, 6.45) is 2.06.